The van der Waals surface area contributed by atoms with E-state index in [1.54, 1.807) is 0 Å². The number of para-hydroxylation sites is 1. The van der Waals surface area contributed by atoms with Gasteiger partial charge in [0.1, 0.15) is 5.75 Å². The topological polar surface area (TPSA) is 53.2 Å². The van der Waals surface area contributed by atoms with Gasteiger partial charge < -0.3 is 15.0 Å². The van der Waals surface area contributed by atoms with E-state index in [1.807, 2.05) is 19.1 Å². The van der Waals surface area contributed by atoms with Crippen molar-refractivity contribution in [3.8, 4) is 5.75 Å². The minimum Gasteiger partial charge on any atom is -0.492 e. The molecule has 1 atom stereocenters. The van der Waals surface area contributed by atoms with Crippen LogP contribution in [0, 0.1) is 6.92 Å². The van der Waals surface area contributed by atoms with E-state index in [2.05, 4.69) is 32.5 Å². The monoisotopic (exact) mass is 360 g/mol. The Morgan fingerprint density at radius 3 is 2.88 bits per heavy atom. The van der Waals surface area contributed by atoms with Crippen LogP contribution in [0.15, 0.2) is 24.3 Å². The van der Waals surface area contributed by atoms with Gasteiger partial charge in [-0.3, -0.25) is 5.10 Å². The van der Waals surface area contributed by atoms with E-state index in [0.717, 1.165) is 67.7 Å². The van der Waals surface area contributed by atoms with Crippen LogP contribution in [0.4, 0.5) is 5.82 Å². The van der Waals surface area contributed by atoms with E-state index in [-0.39, 0.29) is 0 Å². The molecule has 1 unspecified atom stereocenters. The number of halogens is 1. The molecule has 25 heavy (non-hydrogen) atoms. The second-order valence-corrected chi connectivity index (χ2v) is 7.45. The van der Waals surface area contributed by atoms with Crippen molar-refractivity contribution in [3.63, 3.8) is 0 Å². The van der Waals surface area contributed by atoms with E-state index in [1.165, 1.54) is 5.56 Å². The predicted octanol–water partition coefficient (Wildman–Crippen LogP) is 3.84. The molecule has 1 aromatic heterocycles. The van der Waals surface area contributed by atoms with Gasteiger partial charge in [-0.2, -0.15) is 5.10 Å². The van der Waals surface area contributed by atoms with Gasteiger partial charge in [-0.1, -0.05) is 23.7 Å². The highest BCUT2D eigenvalue weighted by molar-refractivity contribution is 6.32. The lowest BCUT2D eigenvalue weighted by Crippen LogP contribution is -2.43. The van der Waals surface area contributed by atoms with Gasteiger partial charge >= 0.3 is 0 Å². The van der Waals surface area contributed by atoms with Gasteiger partial charge in [0, 0.05) is 42.5 Å². The van der Waals surface area contributed by atoms with Crippen LogP contribution < -0.4 is 15.0 Å². The molecule has 4 rings (SSSR count). The molecule has 0 radical (unpaired) electrons. The predicted molar refractivity (Wildman–Crippen MR) is 101 cm³/mol. The van der Waals surface area contributed by atoms with Crippen LogP contribution in [0.2, 0.25) is 5.02 Å². The number of rotatable bonds is 3. The summed E-state index contributed by atoms with van der Waals surface area (Å²) in [5.74, 6) is 1.93. The maximum absolute atomic E-state index is 6.34. The molecule has 0 amide bonds. The summed E-state index contributed by atoms with van der Waals surface area (Å²) in [6.45, 7) is 4.86. The molecule has 0 spiro atoms. The van der Waals surface area contributed by atoms with Crippen molar-refractivity contribution in [2.75, 3.05) is 24.6 Å². The molecular weight excluding hydrogens is 336 g/mol. The molecule has 134 valence electrons. The summed E-state index contributed by atoms with van der Waals surface area (Å²) in [6, 6.07) is 9.03. The largest absolute Gasteiger partial charge is 0.492 e. The normalized spacial score (nSPS) is 21.5. The van der Waals surface area contributed by atoms with Crippen LogP contribution >= 0.6 is 11.6 Å². The average Bonchev–Trinajstić information content (AvgIpc) is 2.95. The first-order valence-corrected chi connectivity index (χ1v) is 9.53. The molecule has 0 aliphatic carbocycles. The molecule has 6 heteroatoms. The van der Waals surface area contributed by atoms with Crippen molar-refractivity contribution in [2.45, 2.75) is 44.7 Å². The number of nitrogens with one attached hydrogen (secondary N) is 2. The number of fused-ring (bicyclic) bond motifs is 1. The highest BCUT2D eigenvalue weighted by Gasteiger charge is 2.26. The number of H-pyrrole nitrogens is 1. The van der Waals surface area contributed by atoms with Crippen LogP contribution in [-0.2, 0) is 0 Å². The van der Waals surface area contributed by atoms with Gasteiger partial charge in [0.05, 0.1) is 11.6 Å². The quantitative estimate of drug-likeness (QED) is 0.873. The Morgan fingerprint density at radius 2 is 2.12 bits per heavy atom. The third-order valence-electron chi connectivity index (χ3n) is 5.20. The fourth-order valence-corrected chi connectivity index (χ4v) is 4.10. The molecule has 2 aliphatic rings. The van der Waals surface area contributed by atoms with Crippen LogP contribution in [0.3, 0.4) is 0 Å². The molecule has 2 aliphatic heterocycles. The molecule has 0 bridgehead atoms. The van der Waals surface area contributed by atoms with Gasteiger partial charge in [0.15, 0.2) is 5.82 Å². The van der Waals surface area contributed by atoms with Gasteiger partial charge in [0.25, 0.3) is 0 Å². The Bertz CT molecular complexity index is 724. The van der Waals surface area contributed by atoms with Crippen molar-refractivity contribution in [1.82, 2.24) is 15.5 Å². The molecule has 5 nitrogen and oxygen atoms in total. The van der Waals surface area contributed by atoms with Crippen LogP contribution in [0.5, 0.6) is 5.75 Å². The van der Waals surface area contributed by atoms with E-state index < -0.39 is 0 Å². The summed E-state index contributed by atoms with van der Waals surface area (Å²) in [6.07, 6.45) is 4.39. The highest BCUT2D eigenvalue weighted by Crippen LogP contribution is 2.37. The summed E-state index contributed by atoms with van der Waals surface area (Å²) in [4.78, 5) is 2.36. The summed E-state index contributed by atoms with van der Waals surface area (Å²) >= 11 is 6.34. The Kier molecular flexibility index (Phi) is 4.86. The number of piperidine rings is 1. The molecule has 0 saturated carbocycles. The SMILES string of the molecule is Cc1cc(N2CCC(NC3CCCOc4c(Cl)cccc43)CC2)n[nH]1. The van der Waals surface area contributed by atoms with Gasteiger partial charge in [-0.25, -0.2) is 0 Å². The van der Waals surface area contributed by atoms with Crippen molar-refractivity contribution in [3.05, 3.63) is 40.5 Å². The van der Waals surface area contributed by atoms with Crippen molar-refractivity contribution in [2.24, 2.45) is 0 Å². The number of anilines is 1. The molecule has 2 N–H and O–H groups in total. The second-order valence-electron chi connectivity index (χ2n) is 7.04. The summed E-state index contributed by atoms with van der Waals surface area (Å²) in [5, 5.41) is 12.0. The maximum Gasteiger partial charge on any atom is 0.150 e. The molecule has 1 fully saturated rings. The lowest BCUT2D eigenvalue weighted by Gasteiger charge is -2.34. The number of hydrogen-bond donors (Lipinski definition) is 2. The first-order valence-electron chi connectivity index (χ1n) is 9.15. The Balaban J connectivity index is 1.41. The zero-order valence-electron chi connectivity index (χ0n) is 14.6. The van der Waals surface area contributed by atoms with Crippen molar-refractivity contribution < 1.29 is 4.74 Å². The summed E-state index contributed by atoms with van der Waals surface area (Å²) in [5.41, 5.74) is 2.32. The van der Waals surface area contributed by atoms with Gasteiger partial charge in [0.2, 0.25) is 0 Å². The number of aryl methyl sites for hydroxylation is 1. The zero-order chi connectivity index (χ0) is 17.2. The maximum atomic E-state index is 6.34. The second kappa shape index (κ2) is 7.26. The summed E-state index contributed by atoms with van der Waals surface area (Å²) in [7, 11) is 0. The van der Waals surface area contributed by atoms with E-state index in [0.29, 0.717) is 12.1 Å². The third kappa shape index (κ3) is 3.62. The zero-order valence-corrected chi connectivity index (χ0v) is 15.4. The van der Waals surface area contributed by atoms with Gasteiger partial charge in [-0.05, 0) is 38.7 Å². The van der Waals surface area contributed by atoms with E-state index in [4.69, 9.17) is 16.3 Å². The minimum atomic E-state index is 0.320. The number of hydrogen-bond acceptors (Lipinski definition) is 4. The summed E-state index contributed by atoms with van der Waals surface area (Å²) < 4.78 is 5.88. The molecule has 2 aromatic rings. The lowest BCUT2D eigenvalue weighted by atomic mass is 9.98. The third-order valence-corrected chi connectivity index (χ3v) is 5.50. The minimum absolute atomic E-state index is 0.320. The van der Waals surface area contributed by atoms with Crippen LogP contribution in [-0.4, -0.2) is 35.9 Å². The number of ether oxygens (including phenoxy) is 1. The first-order chi connectivity index (χ1) is 12.2. The number of nitrogens with zero attached hydrogens (tertiary/aromatic N) is 2. The van der Waals surface area contributed by atoms with E-state index >= 15 is 0 Å². The van der Waals surface area contributed by atoms with Gasteiger partial charge in [-0.15, -0.1) is 0 Å². The van der Waals surface area contributed by atoms with Crippen molar-refractivity contribution in [1.29, 1.82) is 0 Å². The highest BCUT2D eigenvalue weighted by atomic mass is 35.5. The molecule has 1 saturated heterocycles. The Hall–Kier alpha value is -1.72. The first kappa shape index (κ1) is 16.7. The smallest absolute Gasteiger partial charge is 0.150 e. The molecule has 1 aromatic carbocycles. The van der Waals surface area contributed by atoms with Crippen LogP contribution in [0.25, 0.3) is 0 Å². The van der Waals surface area contributed by atoms with Crippen molar-refractivity contribution >= 4 is 17.4 Å². The van der Waals surface area contributed by atoms with Crippen LogP contribution in [0.1, 0.15) is 43.0 Å². The lowest BCUT2D eigenvalue weighted by molar-refractivity contribution is 0.312. The Morgan fingerprint density at radius 1 is 1.28 bits per heavy atom. The fourth-order valence-electron chi connectivity index (χ4n) is 3.87. The molecular formula is C19H25ClN4O. The average molecular weight is 361 g/mol. The fraction of sp³-hybridized carbons (Fsp3) is 0.526. The standard InChI is InChI=1S/C19H25ClN4O/c1-13-12-18(23-22-13)24-9-7-14(8-10-24)21-17-6-3-11-25-19-15(17)4-2-5-16(19)20/h2,4-5,12,14,17,21H,3,6-11H2,1H3,(H,22,23). The molecule has 3 heterocycles. The van der Waals surface area contributed by atoms with E-state index in [9.17, 15) is 0 Å². The Labute approximate surface area is 153 Å². The number of aromatic nitrogens is 2. The number of benzene rings is 1. The number of aromatic amines is 1.